The Morgan fingerprint density at radius 2 is 1.63 bits per heavy atom. The Labute approximate surface area is 117 Å². The third-order valence-corrected chi connectivity index (χ3v) is 5.64. The second kappa shape index (κ2) is 11.4. The van der Waals surface area contributed by atoms with E-state index in [9.17, 15) is 4.79 Å². The van der Waals surface area contributed by atoms with Gasteiger partial charge in [0.25, 0.3) is 0 Å². The van der Waals surface area contributed by atoms with Gasteiger partial charge in [0.05, 0.1) is 6.61 Å². The zero-order valence-electron chi connectivity index (χ0n) is 12.5. The first-order valence-corrected chi connectivity index (χ1v) is 8.59. The van der Waals surface area contributed by atoms with E-state index in [1.54, 1.807) is 21.3 Å². The van der Waals surface area contributed by atoms with E-state index in [4.69, 9.17) is 18.0 Å². The van der Waals surface area contributed by atoms with Crippen molar-refractivity contribution >= 4 is 14.8 Å². The summed E-state index contributed by atoms with van der Waals surface area (Å²) in [5.41, 5.74) is 0. The molecule has 0 fully saturated rings. The Morgan fingerprint density at radius 1 is 1.05 bits per heavy atom. The van der Waals surface area contributed by atoms with Crippen molar-refractivity contribution in [2.45, 2.75) is 32.2 Å². The minimum Gasteiger partial charge on any atom is -0.466 e. The molecule has 6 nitrogen and oxygen atoms in total. The highest BCUT2D eigenvalue weighted by atomic mass is 28.4. The summed E-state index contributed by atoms with van der Waals surface area (Å²) in [5, 5.41) is 3.28. The topological polar surface area (TPSA) is 66.0 Å². The van der Waals surface area contributed by atoms with Gasteiger partial charge in [-0.15, -0.1) is 0 Å². The minimum atomic E-state index is -2.43. The van der Waals surface area contributed by atoms with Crippen molar-refractivity contribution in [2.24, 2.45) is 0 Å². The summed E-state index contributed by atoms with van der Waals surface area (Å²) < 4.78 is 20.8. The highest BCUT2D eigenvalue weighted by Crippen LogP contribution is 2.14. The van der Waals surface area contributed by atoms with E-state index < -0.39 is 8.80 Å². The molecule has 0 aromatic rings. The Morgan fingerprint density at radius 3 is 2.16 bits per heavy atom. The van der Waals surface area contributed by atoms with Crippen molar-refractivity contribution in [3.05, 3.63) is 0 Å². The van der Waals surface area contributed by atoms with E-state index in [1.165, 1.54) is 0 Å². The standard InChI is InChI=1S/C12H27NO5Si/c1-5-18-12(14)8-6-9-13-10-7-11-19(15-2,16-3)17-4/h13H,5-11H2,1-4H3. The quantitative estimate of drug-likeness (QED) is 0.331. The number of carbonyl (C=O) groups is 1. The van der Waals surface area contributed by atoms with Gasteiger partial charge >= 0.3 is 14.8 Å². The Balaban J connectivity index is 3.52. The molecule has 0 aliphatic rings. The van der Waals surface area contributed by atoms with Crippen LogP contribution in [-0.4, -0.2) is 55.8 Å². The van der Waals surface area contributed by atoms with Gasteiger partial charge in [-0.3, -0.25) is 4.79 Å². The first-order valence-electron chi connectivity index (χ1n) is 6.66. The molecule has 0 heterocycles. The summed E-state index contributed by atoms with van der Waals surface area (Å²) >= 11 is 0. The van der Waals surface area contributed by atoms with Crippen molar-refractivity contribution in [1.82, 2.24) is 5.32 Å². The van der Waals surface area contributed by atoms with Crippen LogP contribution in [0.5, 0.6) is 0 Å². The van der Waals surface area contributed by atoms with Crippen LogP contribution in [0.15, 0.2) is 0 Å². The van der Waals surface area contributed by atoms with Crippen LogP contribution in [-0.2, 0) is 22.8 Å². The molecule has 0 amide bonds. The Bertz CT molecular complexity index is 228. The fourth-order valence-electron chi connectivity index (χ4n) is 1.70. The molecule has 0 rings (SSSR count). The number of rotatable bonds is 12. The van der Waals surface area contributed by atoms with Crippen LogP contribution >= 0.6 is 0 Å². The van der Waals surface area contributed by atoms with Gasteiger partial charge < -0.3 is 23.3 Å². The first kappa shape index (κ1) is 18.5. The highest BCUT2D eigenvalue weighted by molar-refractivity contribution is 6.60. The first-order chi connectivity index (χ1) is 9.14. The molecule has 0 saturated heterocycles. The van der Waals surface area contributed by atoms with Crippen LogP contribution in [0.3, 0.4) is 0 Å². The fourth-order valence-corrected chi connectivity index (χ4v) is 3.42. The largest absolute Gasteiger partial charge is 0.500 e. The summed E-state index contributed by atoms with van der Waals surface area (Å²) in [6, 6.07) is 0.779. The van der Waals surface area contributed by atoms with E-state index in [0.717, 1.165) is 32.0 Å². The molecule has 1 N–H and O–H groups in total. The van der Waals surface area contributed by atoms with Crippen LogP contribution in [0.1, 0.15) is 26.2 Å². The van der Waals surface area contributed by atoms with Gasteiger partial charge in [-0.05, 0) is 32.9 Å². The lowest BCUT2D eigenvalue weighted by Gasteiger charge is -2.24. The van der Waals surface area contributed by atoms with Gasteiger partial charge in [-0.1, -0.05) is 0 Å². The van der Waals surface area contributed by atoms with Gasteiger partial charge in [0, 0.05) is 33.8 Å². The third kappa shape index (κ3) is 8.33. The number of carbonyl (C=O) groups excluding carboxylic acids is 1. The second-order valence-electron chi connectivity index (χ2n) is 4.06. The maximum Gasteiger partial charge on any atom is 0.500 e. The molecule has 0 radical (unpaired) electrons. The number of hydrogen-bond donors (Lipinski definition) is 1. The summed E-state index contributed by atoms with van der Waals surface area (Å²) in [6.45, 7) is 3.92. The minimum absolute atomic E-state index is 0.131. The van der Waals surface area contributed by atoms with Gasteiger partial charge in [-0.2, -0.15) is 0 Å². The van der Waals surface area contributed by atoms with Crippen LogP contribution in [0.2, 0.25) is 6.04 Å². The van der Waals surface area contributed by atoms with E-state index in [0.29, 0.717) is 13.0 Å². The van der Waals surface area contributed by atoms with Crippen LogP contribution < -0.4 is 5.32 Å². The van der Waals surface area contributed by atoms with Crippen molar-refractivity contribution in [2.75, 3.05) is 41.0 Å². The van der Waals surface area contributed by atoms with E-state index in [1.807, 2.05) is 6.92 Å². The third-order valence-electron chi connectivity index (χ3n) is 2.81. The zero-order valence-corrected chi connectivity index (χ0v) is 13.5. The van der Waals surface area contributed by atoms with Crippen molar-refractivity contribution in [3.63, 3.8) is 0 Å². The molecule has 0 bridgehead atoms. The summed E-state index contributed by atoms with van der Waals surface area (Å²) in [6.07, 6.45) is 2.18. The van der Waals surface area contributed by atoms with Crippen molar-refractivity contribution in [1.29, 1.82) is 0 Å². The monoisotopic (exact) mass is 293 g/mol. The molecule has 19 heavy (non-hydrogen) atoms. The average Bonchev–Trinajstić information content (AvgIpc) is 2.43. The maximum absolute atomic E-state index is 11.1. The molecular formula is C12H27NO5Si. The molecular weight excluding hydrogens is 266 g/mol. The lowest BCUT2D eigenvalue weighted by Crippen LogP contribution is -2.43. The molecule has 0 unspecified atom stereocenters. The average molecular weight is 293 g/mol. The SMILES string of the molecule is CCOC(=O)CCCNCCC[Si](OC)(OC)OC. The number of nitrogens with one attached hydrogen (secondary N) is 1. The Kier molecular flexibility index (Phi) is 11.1. The van der Waals surface area contributed by atoms with E-state index in [-0.39, 0.29) is 5.97 Å². The van der Waals surface area contributed by atoms with Gasteiger partial charge in [0.15, 0.2) is 0 Å². The zero-order chi connectivity index (χ0) is 14.6. The summed E-state index contributed by atoms with van der Waals surface area (Å²) in [5.74, 6) is -0.131. The highest BCUT2D eigenvalue weighted by Gasteiger charge is 2.36. The van der Waals surface area contributed by atoms with Crippen LogP contribution in [0.25, 0.3) is 0 Å². The lowest BCUT2D eigenvalue weighted by molar-refractivity contribution is -0.143. The molecule has 0 aliphatic carbocycles. The van der Waals surface area contributed by atoms with Crippen molar-refractivity contribution in [3.8, 4) is 0 Å². The van der Waals surface area contributed by atoms with Crippen LogP contribution in [0.4, 0.5) is 0 Å². The van der Waals surface area contributed by atoms with E-state index >= 15 is 0 Å². The normalized spacial score (nSPS) is 11.6. The predicted octanol–water partition coefficient (Wildman–Crippen LogP) is 1.19. The fraction of sp³-hybridized carbons (Fsp3) is 0.917. The number of ether oxygens (including phenoxy) is 1. The molecule has 0 aromatic carbocycles. The lowest BCUT2D eigenvalue weighted by atomic mass is 10.3. The van der Waals surface area contributed by atoms with E-state index in [2.05, 4.69) is 5.32 Å². The molecule has 114 valence electrons. The van der Waals surface area contributed by atoms with Crippen molar-refractivity contribution < 1.29 is 22.8 Å². The molecule has 0 aromatic heterocycles. The Hall–Kier alpha value is -0.473. The summed E-state index contributed by atoms with van der Waals surface area (Å²) in [7, 11) is 2.42. The summed E-state index contributed by atoms with van der Waals surface area (Å²) in [4.78, 5) is 11.1. The molecule has 0 aliphatic heterocycles. The molecule has 7 heteroatoms. The van der Waals surface area contributed by atoms with Gasteiger partial charge in [0.2, 0.25) is 0 Å². The molecule has 0 atom stereocenters. The second-order valence-corrected chi connectivity index (χ2v) is 7.15. The molecule has 0 spiro atoms. The van der Waals surface area contributed by atoms with Gasteiger partial charge in [0.1, 0.15) is 0 Å². The number of hydrogen-bond acceptors (Lipinski definition) is 6. The smallest absolute Gasteiger partial charge is 0.466 e. The molecule has 0 saturated carbocycles. The van der Waals surface area contributed by atoms with Gasteiger partial charge in [-0.25, -0.2) is 0 Å². The maximum atomic E-state index is 11.1. The predicted molar refractivity (Wildman–Crippen MR) is 74.9 cm³/mol. The number of esters is 1. The van der Waals surface area contributed by atoms with Crippen LogP contribution in [0, 0.1) is 0 Å².